The number of hydrogen-bond donors (Lipinski definition) is 1. The largest absolute Gasteiger partial charge is 0.431 e. The maximum atomic E-state index is 13.5. The number of rotatable bonds is 7. The van der Waals surface area contributed by atoms with Crippen LogP contribution in [0.2, 0.25) is 0 Å². The van der Waals surface area contributed by atoms with Crippen LogP contribution in [0.3, 0.4) is 0 Å². The molecule has 0 amide bonds. The lowest BCUT2D eigenvalue weighted by molar-refractivity contribution is -0.165. The molecule has 0 atom stereocenters. The minimum atomic E-state index is -6.12. The number of hydrogen-bond acceptors (Lipinski definition) is 2. The van der Waals surface area contributed by atoms with Crippen molar-refractivity contribution in [2.75, 3.05) is 0 Å². The molecule has 0 aromatic rings. The summed E-state index contributed by atoms with van der Waals surface area (Å²) in [5.41, 5.74) is 0.190. The molecule has 4 aliphatic rings. The Kier molecular flexibility index (Phi) is 4.47. The Balaban J connectivity index is 1.52. The van der Waals surface area contributed by atoms with Crippen molar-refractivity contribution in [2.24, 2.45) is 23.2 Å². The lowest BCUT2D eigenvalue weighted by atomic mass is 9.48. The molecule has 1 N–H and O–H groups in total. The van der Waals surface area contributed by atoms with E-state index in [0.29, 0.717) is 6.42 Å². The molecule has 4 rings (SSSR count). The van der Waals surface area contributed by atoms with Gasteiger partial charge in [0.25, 0.3) is 0 Å². The number of alkyl halides is 4. The second-order valence-electron chi connectivity index (χ2n) is 8.32. The summed E-state index contributed by atoms with van der Waals surface area (Å²) >= 11 is 0. The van der Waals surface area contributed by atoms with Gasteiger partial charge in [-0.05, 0) is 74.5 Å². The summed E-state index contributed by atoms with van der Waals surface area (Å²) < 4.78 is 82.6. The molecule has 0 unspecified atom stereocenters. The Morgan fingerprint density at radius 3 is 1.79 bits per heavy atom. The molecule has 4 bridgehead atoms. The van der Waals surface area contributed by atoms with E-state index >= 15 is 0 Å². The van der Waals surface area contributed by atoms with E-state index in [0.717, 1.165) is 43.4 Å². The fourth-order valence-electron chi connectivity index (χ4n) is 5.78. The first-order chi connectivity index (χ1) is 10.9. The summed E-state index contributed by atoms with van der Waals surface area (Å²) in [6.07, 6.45) is 6.94. The summed E-state index contributed by atoms with van der Waals surface area (Å²) in [6, 6.07) is 0. The zero-order valence-corrected chi connectivity index (χ0v) is 14.3. The van der Waals surface area contributed by atoms with Gasteiger partial charge in [0, 0.05) is 6.42 Å². The van der Waals surface area contributed by atoms with Gasteiger partial charge in [-0.2, -0.15) is 26.0 Å². The van der Waals surface area contributed by atoms with Gasteiger partial charge < -0.3 is 0 Å². The summed E-state index contributed by atoms with van der Waals surface area (Å²) in [6.45, 7) is 0. The molecule has 0 aromatic heterocycles. The van der Waals surface area contributed by atoms with Crippen molar-refractivity contribution in [1.82, 2.24) is 0 Å². The van der Waals surface area contributed by atoms with Crippen LogP contribution in [0, 0.1) is 23.2 Å². The van der Waals surface area contributed by atoms with Crippen LogP contribution in [0.1, 0.15) is 64.2 Å². The van der Waals surface area contributed by atoms with E-state index in [1.165, 1.54) is 19.3 Å². The minimum absolute atomic E-state index is 0.167. The van der Waals surface area contributed by atoms with Crippen LogP contribution in [0.4, 0.5) is 17.6 Å². The van der Waals surface area contributed by atoms with Crippen LogP contribution in [-0.2, 0) is 10.1 Å². The van der Waals surface area contributed by atoms with Crippen LogP contribution < -0.4 is 0 Å². The van der Waals surface area contributed by atoms with Gasteiger partial charge in [0.2, 0.25) is 0 Å². The topological polar surface area (TPSA) is 54.4 Å². The first-order valence-electron chi connectivity index (χ1n) is 8.67. The van der Waals surface area contributed by atoms with Gasteiger partial charge in [0.05, 0.1) is 0 Å². The Morgan fingerprint density at radius 2 is 1.38 bits per heavy atom. The van der Waals surface area contributed by atoms with E-state index in [4.69, 9.17) is 4.55 Å². The SMILES string of the molecule is O=S(=O)(O)C(F)(F)C(F)(F)CCCCC12CC3CC(CC(C3)C1)C2. The quantitative estimate of drug-likeness (QED) is 0.394. The number of halogens is 4. The second-order valence-corrected chi connectivity index (χ2v) is 9.78. The van der Waals surface area contributed by atoms with E-state index in [1.807, 2.05) is 0 Å². The second kappa shape index (κ2) is 5.83. The van der Waals surface area contributed by atoms with Gasteiger partial charge in [0.15, 0.2) is 0 Å². The minimum Gasteiger partial charge on any atom is -0.281 e. The van der Waals surface area contributed by atoms with Crippen molar-refractivity contribution < 1.29 is 30.5 Å². The predicted octanol–water partition coefficient (Wildman–Crippen LogP) is 4.88. The van der Waals surface area contributed by atoms with Crippen molar-refractivity contribution in [3.05, 3.63) is 0 Å². The molecule has 0 aromatic carbocycles. The zero-order chi connectivity index (χ0) is 17.8. The molecule has 0 saturated heterocycles. The van der Waals surface area contributed by atoms with E-state index < -0.39 is 27.7 Å². The fraction of sp³-hybridized carbons (Fsp3) is 1.00. The fourth-order valence-corrected chi connectivity index (χ4v) is 6.26. The van der Waals surface area contributed by atoms with Gasteiger partial charge in [-0.3, -0.25) is 4.55 Å². The van der Waals surface area contributed by atoms with E-state index in [9.17, 15) is 26.0 Å². The van der Waals surface area contributed by atoms with Gasteiger partial charge >= 0.3 is 21.3 Å². The highest BCUT2D eigenvalue weighted by atomic mass is 32.2. The molecule has 4 aliphatic carbocycles. The highest BCUT2D eigenvalue weighted by Crippen LogP contribution is 2.61. The first kappa shape index (κ1) is 18.4. The molecule has 0 spiro atoms. The third kappa shape index (κ3) is 3.20. The Bertz CT molecular complexity index is 553. The smallest absolute Gasteiger partial charge is 0.281 e. The zero-order valence-electron chi connectivity index (χ0n) is 13.5. The average Bonchev–Trinajstić information content (AvgIpc) is 2.41. The van der Waals surface area contributed by atoms with Crippen molar-refractivity contribution in [2.45, 2.75) is 75.4 Å². The van der Waals surface area contributed by atoms with Crippen molar-refractivity contribution in [3.63, 3.8) is 0 Å². The molecule has 0 aliphatic heterocycles. The van der Waals surface area contributed by atoms with E-state index in [2.05, 4.69) is 0 Å². The predicted molar refractivity (Wildman–Crippen MR) is 80.5 cm³/mol. The van der Waals surface area contributed by atoms with Crippen LogP contribution in [-0.4, -0.2) is 24.1 Å². The molecule has 0 radical (unpaired) electrons. The first-order valence-corrected chi connectivity index (χ1v) is 10.1. The van der Waals surface area contributed by atoms with Crippen molar-refractivity contribution >= 4 is 10.1 Å². The molecule has 3 nitrogen and oxygen atoms in total. The summed E-state index contributed by atoms with van der Waals surface area (Å²) in [4.78, 5) is 0. The third-order valence-corrected chi connectivity index (χ3v) is 7.31. The van der Waals surface area contributed by atoms with Crippen molar-refractivity contribution in [1.29, 1.82) is 0 Å². The van der Waals surface area contributed by atoms with Gasteiger partial charge in [-0.1, -0.05) is 6.42 Å². The van der Waals surface area contributed by atoms with Gasteiger partial charge in [-0.15, -0.1) is 0 Å². The standard InChI is InChI=1S/C16H24F4O3S/c17-15(18,16(19,20)24(21,22)23)4-2-1-3-14-8-11-5-12(9-14)7-13(6-11)10-14/h11-13H,1-10H2,(H,21,22,23). The van der Waals surface area contributed by atoms with Crippen LogP contribution in [0.15, 0.2) is 0 Å². The maximum Gasteiger partial charge on any atom is 0.431 e. The van der Waals surface area contributed by atoms with E-state index in [-0.39, 0.29) is 11.8 Å². The Morgan fingerprint density at radius 1 is 0.917 bits per heavy atom. The molecular formula is C16H24F4O3S. The monoisotopic (exact) mass is 372 g/mol. The summed E-state index contributed by atoms with van der Waals surface area (Å²) in [7, 11) is -6.12. The number of unbranched alkanes of at least 4 members (excludes halogenated alkanes) is 1. The highest BCUT2D eigenvalue weighted by Gasteiger charge is 2.64. The molecule has 8 heteroatoms. The molecule has 0 heterocycles. The molecule has 4 saturated carbocycles. The van der Waals surface area contributed by atoms with Gasteiger partial charge in [0.1, 0.15) is 0 Å². The summed E-state index contributed by atoms with van der Waals surface area (Å²) in [5, 5.41) is -5.43. The summed E-state index contributed by atoms with van der Waals surface area (Å²) in [5.74, 6) is -2.54. The van der Waals surface area contributed by atoms with Crippen LogP contribution in [0.25, 0.3) is 0 Å². The molecular weight excluding hydrogens is 348 g/mol. The highest BCUT2D eigenvalue weighted by molar-refractivity contribution is 7.87. The Labute approximate surface area is 139 Å². The normalized spacial score (nSPS) is 36.3. The van der Waals surface area contributed by atoms with Crippen LogP contribution >= 0.6 is 0 Å². The average molecular weight is 372 g/mol. The third-order valence-electron chi connectivity index (χ3n) is 6.36. The maximum absolute atomic E-state index is 13.5. The molecule has 24 heavy (non-hydrogen) atoms. The molecule has 140 valence electrons. The Hall–Kier alpha value is -0.370. The van der Waals surface area contributed by atoms with Crippen LogP contribution in [0.5, 0.6) is 0 Å². The van der Waals surface area contributed by atoms with E-state index in [1.54, 1.807) is 0 Å². The van der Waals surface area contributed by atoms with Gasteiger partial charge in [-0.25, -0.2) is 0 Å². The lowest BCUT2D eigenvalue weighted by Crippen LogP contribution is -2.47. The van der Waals surface area contributed by atoms with Crippen molar-refractivity contribution in [3.8, 4) is 0 Å². The molecule has 4 fully saturated rings. The lowest BCUT2D eigenvalue weighted by Gasteiger charge is -2.57.